The summed E-state index contributed by atoms with van der Waals surface area (Å²) >= 11 is 0. The smallest absolute Gasteiger partial charge is 0.260 e. The Morgan fingerprint density at radius 1 is 1.16 bits per heavy atom. The summed E-state index contributed by atoms with van der Waals surface area (Å²) < 4.78 is 29.3. The third kappa shape index (κ3) is 4.59. The lowest BCUT2D eigenvalue weighted by molar-refractivity contribution is -0.137. The molecule has 1 unspecified atom stereocenters. The molecule has 4 heterocycles. The Balaban J connectivity index is 1.40. The number of carbonyl (C=O) groups is 1. The molecule has 0 radical (unpaired) electrons. The van der Waals surface area contributed by atoms with Crippen LogP contribution in [0.1, 0.15) is 71.5 Å². The molecule has 31 heavy (non-hydrogen) atoms. The highest BCUT2D eigenvalue weighted by molar-refractivity contribution is 5.81. The van der Waals surface area contributed by atoms with Gasteiger partial charge >= 0.3 is 0 Å². The number of amides is 1. The highest BCUT2D eigenvalue weighted by atomic mass is 19.3. The number of likely N-dealkylation sites (tertiary alicyclic amines) is 2. The molecule has 0 saturated carbocycles. The number of hydrogen-bond acceptors (Lipinski definition) is 4. The number of carbonyl (C=O) groups excluding carboxylic acids is 1. The van der Waals surface area contributed by atoms with E-state index in [0.717, 1.165) is 31.6 Å². The van der Waals surface area contributed by atoms with Crippen molar-refractivity contribution in [3.63, 3.8) is 0 Å². The van der Waals surface area contributed by atoms with Crippen LogP contribution in [0.15, 0.2) is 6.07 Å². The molecule has 0 spiro atoms. The fraction of sp³-hybridized carbons (Fsp3) is 0.826. The molecule has 0 aliphatic carbocycles. The zero-order valence-electron chi connectivity index (χ0n) is 19.3. The third-order valence-corrected chi connectivity index (χ3v) is 7.40. The van der Waals surface area contributed by atoms with Gasteiger partial charge in [-0.2, -0.15) is 5.10 Å². The number of nitrogens with one attached hydrogen (secondary N) is 1. The van der Waals surface area contributed by atoms with Gasteiger partial charge in [0.2, 0.25) is 5.91 Å². The molecule has 3 atom stereocenters. The normalized spacial score (nSPS) is 26.7. The minimum atomic E-state index is -2.45. The molecular formula is C23H37F2N5O. The number of rotatable bonds is 4. The summed E-state index contributed by atoms with van der Waals surface area (Å²) in [7, 11) is 0. The Hall–Kier alpha value is -1.70. The van der Waals surface area contributed by atoms with E-state index in [1.165, 1.54) is 17.5 Å². The number of aromatic nitrogens is 2. The van der Waals surface area contributed by atoms with E-state index in [0.29, 0.717) is 25.3 Å². The van der Waals surface area contributed by atoms with Crippen LogP contribution in [0.4, 0.5) is 14.6 Å². The van der Waals surface area contributed by atoms with Gasteiger partial charge in [0.05, 0.1) is 11.7 Å². The van der Waals surface area contributed by atoms with Crippen molar-refractivity contribution < 1.29 is 13.6 Å². The van der Waals surface area contributed by atoms with Crippen LogP contribution >= 0.6 is 0 Å². The quantitative estimate of drug-likeness (QED) is 0.776. The fourth-order valence-corrected chi connectivity index (χ4v) is 5.32. The van der Waals surface area contributed by atoms with Crippen LogP contribution in [0, 0.1) is 5.92 Å². The monoisotopic (exact) mass is 437 g/mol. The molecule has 174 valence electrons. The second-order valence-corrected chi connectivity index (χ2v) is 10.6. The number of anilines is 1. The number of halogens is 2. The van der Waals surface area contributed by atoms with Crippen LogP contribution in [0.5, 0.6) is 0 Å². The predicted octanol–water partition coefficient (Wildman–Crippen LogP) is 3.89. The standard InChI is InChI=1S/C23H37F2N5O/c1-15(28-9-5-6-10-28)22(31)29-11-7-16(8-12-29)17-13-18(21(24)25)30-20(26-17)14-19(27-30)23(2,3)4/h14-18,21,26H,5-13H2,1-4H3/t15?,17-,18+/m0/s1. The van der Waals surface area contributed by atoms with Gasteiger partial charge in [-0.25, -0.2) is 13.5 Å². The number of fused-ring (bicyclic) bond motifs is 1. The maximum absolute atomic E-state index is 13.9. The van der Waals surface area contributed by atoms with Crippen molar-refractivity contribution in [1.29, 1.82) is 0 Å². The Morgan fingerprint density at radius 2 is 1.81 bits per heavy atom. The van der Waals surface area contributed by atoms with Gasteiger partial charge in [-0.15, -0.1) is 0 Å². The number of piperidine rings is 1. The molecule has 6 nitrogen and oxygen atoms in total. The minimum Gasteiger partial charge on any atom is -0.367 e. The summed E-state index contributed by atoms with van der Waals surface area (Å²) in [4.78, 5) is 17.2. The predicted molar refractivity (Wildman–Crippen MR) is 118 cm³/mol. The summed E-state index contributed by atoms with van der Waals surface area (Å²) in [6.07, 6.45) is 1.98. The van der Waals surface area contributed by atoms with Gasteiger partial charge in [0.1, 0.15) is 11.9 Å². The van der Waals surface area contributed by atoms with E-state index in [1.807, 2.05) is 38.7 Å². The lowest BCUT2D eigenvalue weighted by atomic mass is 9.84. The van der Waals surface area contributed by atoms with Crippen molar-refractivity contribution in [3.8, 4) is 0 Å². The Labute approximate surface area is 184 Å². The van der Waals surface area contributed by atoms with E-state index >= 15 is 0 Å². The van der Waals surface area contributed by atoms with Gasteiger partial charge in [0.15, 0.2) is 0 Å². The molecule has 3 aliphatic heterocycles. The first-order valence-corrected chi connectivity index (χ1v) is 11.8. The second kappa shape index (κ2) is 8.68. The van der Waals surface area contributed by atoms with Gasteiger partial charge in [-0.05, 0) is 58.0 Å². The first-order chi connectivity index (χ1) is 14.6. The van der Waals surface area contributed by atoms with Crippen LogP contribution in [-0.4, -0.2) is 70.2 Å². The molecular weight excluding hydrogens is 400 g/mol. The van der Waals surface area contributed by atoms with E-state index in [2.05, 4.69) is 15.3 Å². The zero-order chi connectivity index (χ0) is 22.3. The third-order valence-electron chi connectivity index (χ3n) is 7.40. The van der Waals surface area contributed by atoms with Crippen LogP contribution < -0.4 is 5.32 Å². The fourth-order valence-electron chi connectivity index (χ4n) is 5.32. The maximum Gasteiger partial charge on any atom is 0.260 e. The molecule has 0 bridgehead atoms. The molecule has 8 heteroatoms. The van der Waals surface area contributed by atoms with Crippen LogP contribution in [0.3, 0.4) is 0 Å². The van der Waals surface area contributed by atoms with Gasteiger partial charge < -0.3 is 10.2 Å². The molecule has 1 aromatic heterocycles. The number of alkyl halides is 2. The van der Waals surface area contributed by atoms with Crippen LogP contribution in [-0.2, 0) is 10.2 Å². The summed E-state index contributed by atoms with van der Waals surface area (Å²) in [6, 6.07) is 0.967. The Morgan fingerprint density at radius 3 is 2.39 bits per heavy atom. The molecule has 2 saturated heterocycles. The van der Waals surface area contributed by atoms with E-state index in [4.69, 9.17) is 0 Å². The van der Waals surface area contributed by atoms with Crippen LogP contribution in [0.2, 0.25) is 0 Å². The van der Waals surface area contributed by atoms with Crippen molar-refractivity contribution in [1.82, 2.24) is 19.6 Å². The molecule has 4 rings (SSSR count). The van der Waals surface area contributed by atoms with Crippen molar-refractivity contribution in [2.45, 2.75) is 89.8 Å². The average Bonchev–Trinajstić information content (AvgIpc) is 3.41. The Bertz CT molecular complexity index is 775. The van der Waals surface area contributed by atoms with Crippen molar-refractivity contribution >= 4 is 11.7 Å². The van der Waals surface area contributed by atoms with E-state index in [-0.39, 0.29) is 29.3 Å². The number of hydrogen-bond donors (Lipinski definition) is 1. The molecule has 1 N–H and O–H groups in total. The van der Waals surface area contributed by atoms with Gasteiger partial charge in [-0.1, -0.05) is 20.8 Å². The average molecular weight is 438 g/mol. The molecule has 2 fully saturated rings. The second-order valence-electron chi connectivity index (χ2n) is 10.6. The summed E-state index contributed by atoms with van der Waals surface area (Å²) in [5, 5.41) is 8.02. The van der Waals surface area contributed by atoms with E-state index < -0.39 is 12.5 Å². The SMILES string of the molecule is CC(C(=O)N1CCC([C@@H]2C[C@H](C(F)F)n3nc(C(C)(C)C)cc3N2)CC1)N1CCCC1. The lowest BCUT2D eigenvalue weighted by Gasteiger charge is -2.41. The first kappa shape index (κ1) is 22.5. The topological polar surface area (TPSA) is 53.4 Å². The van der Waals surface area contributed by atoms with Gasteiger partial charge in [0, 0.05) is 30.6 Å². The highest BCUT2D eigenvalue weighted by Gasteiger charge is 2.39. The number of nitrogens with zero attached hydrogens (tertiary/aromatic N) is 4. The summed E-state index contributed by atoms with van der Waals surface area (Å²) in [5.74, 6) is 1.21. The lowest BCUT2D eigenvalue weighted by Crippen LogP contribution is -2.51. The highest BCUT2D eigenvalue weighted by Crippen LogP contribution is 2.38. The van der Waals surface area contributed by atoms with Crippen molar-refractivity contribution in [3.05, 3.63) is 11.8 Å². The molecule has 3 aliphatic rings. The molecule has 0 aromatic carbocycles. The minimum absolute atomic E-state index is 0.00993. The molecule has 1 aromatic rings. The molecule has 1 amide bonds. The Kier molecular flexibility index (Phi) is 6.30. The first-order valence-electron chi connectivity index (χ1n) is 11.8. The van der Waals surface area contributed by atoms with Gasteiger partial charge in [0.25, 0.3) is 6.43 Å². The van der Waals surface area contributed by atoms with E-state index in [9.17, 15) is 13.6 Å². The summed E-state index contributed by atoms with van der Waals surface area (Å²) in [6.45, 7) is 11.6. The van der Waals surface area contributed by atoms with Crippen molar-refractivity contribution in [2.75, 3.05) is 31.5 Å². The zero-order valence-corrected chi connectivity index (χ0v) is 19.3. The van der Waals surface area contributed by atoms with E-state index in [1.54, 1.807) is 0 Å². The maximum atomic E-state index is 13.9. The van der Waals surface area contributed by atoms with Gasteiger partial charge in [-0.3, -0.25) is 9.69 Å². The van der Waals surface area contributed by atoms with Crippen molar-refractivity contribution in [2.24, 2.45) is 5.92 Å². The van der Waals surface area contributed by atoms with Crippen LogP contribution in [0.25, 0.3) is 0 Å². The summed E-state index contributed by atoms with van der Waals surface area (Å²) in [5.41, 5.74) is 0.643. The largest absolute Gasteiger partial charge is 0.367 e.